The summed E-state index contributed by atoms with van der Waals surface area (Å²) >= 11 is 0. The zero-order valence-corrected chi connectivity index (χ0v) is 34.0. The van der Waals surface area contributed by atoms with Crippen LogP contribution in [-0.2, 0) is 5.41 Å². The third-order valence-corrected chi connectivity index (χ3v) is 13.7. The zero-order valence-electron chi connectivity index (χ0n) is 34.0. The van der Waals surface area contributed by atoms with Crippen LogP contribution in [0.15, 0.2) is 186 Å². The highest BCUT2D eigenvalue weighted by atomic mass is 16.3. The molecule has 1 aliphatic carbocycles. The Morgan fingerprint density at radius 1 is 0.419 bits per heavy atom. The molecule has 14 rings (SSSR count). The third-order valence-electron chi connectivity index (χ3n) is 13.7. The van der Waals surface area contributed by atoms with Crippen molar-refractivity contribution in [1.82, 2.24) is 19.1 Å². The van der Waals surface area contributed by atoms with Crippen molar-refractivity contribution < 1.29 is 4.42 Å². The van der Waals surface area contributed by atoms with Crippen LogP contribution >= 0.6 is 0 Å². The molecule has 0 amide bonds. The van der Waals surface area contributed by atoms with Crippen molar-refractivity contribution in [1.29, 1.82) is 0 Å². The summed E-state index contributed by atoms with van der Waals surface area (Å²) < 4.78 is 11.4. The normalized spacial score (nSPS) is 13.5. The maximum absolute atomic E-state index is 6.67. The first-order chi connectivity index (χ1) is 30.5. The van der Waals surface area contributed by atoms with Gasteiger partial charge in [0.2, 0.25) is 5.95 Å². The molecule has 0 saturated heterocycles. The average molecular weight is 793 g/mol. The Morgan fingerprint density at radius 2 is 1.05 bits per heavy atom. The van der Waals surface area contributed by atoms with E-state index in [9.17, 15) is 0 Å². The highest BCUT2D eigenvalue weighted by molar-refractivity contribution is 6.25. The fourth-order valence-corrected chi connectivity index (χ4v) is 10.9. The van der Waals surface area contributed by atoms with Gasteiger partial charge in [-0.2, -0.15) is 0 Å². The molecule has 5 nitrogen and oxygen atoms in total. The molecule has 13 aromatic rings. The van der Waals surface area contributed by atoms with Gasteiger partial charge in [-0.3, -0.25) is 4.57 Å². The van der Waals surface area contributed by atoms with Crippen molar-refractivity contribution in [3.8, 4) is 34.0 Å². The number of nitrogens with zero attached hydrogens (tertiary/aromatic N) is 4. The van der Waals surface area contributed by atoms with Gasteiger partial charge in [0.05, 0.1) is 39.0 Å². The van der Waals surface area contributed by atoms with Crippen LogP contribution in [0.3, 0.4) is 0 Å². The molecule has 0 radical (unpaired) electrons. The first-order valence-corrected chi connectivity index (χ1v) is 21.3. The lowest BCUT2D eigenvalue weighted by Crippen LogP contribution is -2.14. The van der Waals surface area contributed by atoms with Gasteiger partial charge < -0.3 is 8.98 Å². The van der Waals surface area contributed by atoms with Crippen LogP contribution in [0.25, 0.3) is 121 Å². The Kier molecular flexibility index (Phi) is 6.57. The largest absolute Gasteiger partial charge is 0.455 e. The van der Waals surface area contributed by atoms with E-state index in [2.05, 4.69) is 193 Å². The Hall–Kier alpha value is -8.02. The molecule has 0 saturated carbocycles. The third kappa shape index (κ3) is 4.36. The van der Waals surface area contributed by atoms with E-state index in [1.54, 1.807) is 0 Å². The summed E-state index contributed by atoms with van der Waals surface area (Å²) in [6, 6.07) is 65.6. The van der Waals surface area contributed by atoms with E-state index in [-0.39, 0.29) is 5.41 Å². The molecule has 9 aromatic carbocycles. The molecule has 0 atom stereocenters. The second-order valence-corrected chi connectivity index (χ2v) is 17.3. The number of hydrogen-bond donors (Lipinski definition) is 0. The number of rotatable bonds is 3. The van der Waals surface area contributed by atoms with E-state index in [1.807, 2.05) is 12.1 Å². The molecule has 0 fully saturated rings. The number of benzene rings is 9. The number of fused-ring (bicyclic) bond motifs is 15. The molecule has 0 spiro atoms. The fourth-order valence-electron chi connectivity index (χ4n) is 10.9. The van der Waals surface area contributed by atoms with Crippen LogP contribution in [0.4, 0.5) is 0 Å². The molecular formula is C57H36N4O. The standard InChI is InChI=1S/C57H36N4O/c1-57(2)44-25-10-5-16-33(44)42-31-49-43(30-45(42)57)53-38-21-4-3-19-36(38)50(60-47-27-12-7-17-34(47)35-18-8-13-28-48(35)60)32-51(53)61(49)56-58-46-26-11-6-22-40(46)54(59-56)41-24-15-23-39-37-20-9-14-29-52(37)62-55(39)41/h3-32H,1-2H3. The Bertz CT molecular complexity index is 4030. The summed E-state index contributed by atoms with van der Waals surface area (Å²) in [7, 11) is 0. The topological polar surface area (TPSA) is 48.8 Å². The van der Waals surface area contributed by atoms with Crippen LogP contribution in [-0.4, -0.2) is 19.1 Å². The highest BCUT2D eigenvalue weighted by Gasteiger charge is 2.36. The molecule has 0 aliphatic heterocycles. The molecule has 4 aromatic heterocycles. The maximum Gasteiger partial charge on any atom is 0.235 e. The van der Waals surface area contributed by atoms with Crippen LogP contribution in [0.1, 0.15) is 25.0 Å². The number of aromatic nitrogens is 4. The van der Waals surface area contributed by atoms with Gasteiger partial charge in [0.25, 0.3) is 0 Å². The molecule has 4 heterocycles. The summed E-state index contributed by atoms with van der Waals surface area (Å²) in [6.07, 6.45) is 0. The quantitative estimate of drug-likeness (QED) is 0.179. The summed E-state index contributed by atoms with van der Waals surface area (Å²) in [5, 5.41) is 10.3. The Balaban J connectivity index is 1.16. The average Bonchev–Trinajstić information content (AvgIpc) is 4.03. The zero-order chi connectivity index (χ0) is 40.8. The maximum atomic E-state index is 6.67. The Labute approximate surface area is 355 Å². The first-order valence-electron chi connectivity index (χ1n) is 21.3. The molecule has 0 bridgehead atoms. The molecule has 0 N–H and O–H groups in total. The molecule has 0 unspecified atom stereocenters. The minimum absolute atomic E-state index is 0.175. The lowest BCUT2D eigenvalue weighted by atomic mass is 9.82. The van der Waals surface area contributed by atoms with Gasteiger partial charge in [-0.25, -0.2) is 9.97 Å². The minimum Gasteiger partial charge on any atom is -0.455 e. The van der Waals surface area contributed by atoms with Crippen LogP contribution in [0.5, 0.6) is 0 Å². The van der Waals surface area contributed by atoms with E-state index in [0.29, 0.717) is 5.95 Å². The summed E-state index contributed by atoms with van der Waals surface area (Å²) in [4.78, 5) is 11.1. The van der Waals surface area contributed by atoms with Crippen LogP contribution < -0.4 is 0 Å². The lowest BCUT2D eigenvalue weighted by molar-refractivity contribution is 0.661. The van der Waals surface area contributed by atoms with Gasteiger partial charge in [-0.15, -0.1) is 0 Å². The van der Waals surface area contributed by atoms with E-state index in [0.717, 1.165) is 60.8 Å². The highest BCUT2D eigenvalue weighted by Crippen LogP contribution is 2.52. The van der Waals surface area contributed by atoms with Crippen molar-refractivity contribution in [2.45, 2.75) is 19.3 Å². The second-order valence-electron chi connectivity index (χ2n) is 17.3. The van der Waals surface area contributed by atoms with Crippen molar-refractivity contribution in [3.63, 3.8) is 0 Å². The Morgan fingerprint density at radius 3 is 1.85 bits per heavy atom. The van der Waals surface area contributed by atoms with Gasteiger partial charge in [0.15, 0.2) is 0 Å². The van der Waals surface area contributed by atoms with Crippen LogP contribution in [0, 0.1) is 0 Å². The molecule has 62 heavy (non-hydrogen) atoms. The van der Waals surface area contributed by atoms with E-state index < -0.39 is 0 Å². The minimum atomic E-state index is -0.175. The first kappa shape index (κ1) is 33.8. The van der Waals surface area contributed by atoms with Crippen molar-refractivity contribution in [3.05, 3.63) is 193 Å². The predicted molar refractivity (Wildman–Crippen MR) is 256 cm³/mol. The number of para-hydroxylation sites is 5. The summed E-state index contributed by atoms with van der Waals surface area (Å²) in [5.41, 5.74) is 14.9. The van der Waals surface area contributed by atoms with Gasteiger partial charge in [0.1, 0.15) is 11.2 Å². The van der Waals surface area contributed by atoms with Gasteiger partial charge in [-0.05, 0) is 76.2 Å². The SMILES string of the molecule is CC1(C)c2ccccc2-c2cc3c(cc21)c1c2ccccc2c(-n2c4ccccc4c4ccccc42)cc1n3-c1nc(-c2cccc3c2oc2ccccc23)c2ccccc2n1. The van der Waals surface area contributed by atoms with E-state index in [4.69, 9.17) is 14.4 Å². The van der Waals surface area contributed by atoms with E-state index >= 15 is 0 Å². The lowest BCUT2D eigenvalue weighted by Gasteiger charge is -2.21. The van der Waals surface area contributed by atoms with Gasteiger partial charge in [-0.1, -0.05) is 147 Å². The summed E-state index contributed by atoms with van der Waals surface area (Å²) in [5.74, 6) is 0.612. The number of hydrogen-bond acceptors (Lipinski definition) is 3. The number of furan rings is 1. The molecule has 1 aliphatic rings. The van der Waals surface area contributed by atoms with Crippen molar-refractivity contribution in [2.24, 2.45) is 0 Å². The van der Waals surface area contributed by atoms with Crippen molar-refractivity contribution >= 4 is 87.2 Å². The second kappa shape index (κ2) is 12.1. The molecule has 290 valence electrons. The van der Waals surface area contributed by atoms with Crippen molar-refractivity contribution in [2.75, 3.05) is 0 Å². The monoisotopic (exact) mass is 792 g/mol. The van der Waals surface area contributed by atoms with Crippen LogP contribution in [0.2, 0.25) is 0 Å². The smallest absolute Gasteiger partial charge is 0.235 e. The van der Waals surface area contributed by atoms with Gasteiger partial charge in [0, 0.05) is 54.1 Å². The molecular weight excluding hydrogens is 757 g/mol. The predicted octanol–water partition coefficient (Wildman–Crippen LogP) is 14.8. The molecule has 5 heteroatoms. The fraction of sp³-hybridized carbons (Fsp3) is 0.0526. The van der Waals surface area contributed by atoms with Gasteiger partial charge >= 0.3 is 0 Å². The van der Waals surface area contributed by atoms with E-state index in [1.165, 1.54) is 65.6 Å². The summed E-state index contributed by atoms with van der Waals surface area (Å²) in [6.45, 7) is 4.72.